The van der Waals surface area contributed by atoms with Crippen molar-refractivity contribution in [3.05, 3.63) is 75.0 Å². The van der Waals surface area contributed by atoms with Crippen molar-refractivity contribution in [2.75, 3.05) is 12.5 Å². The molecule has 8 nitrogen and oxygen atoms in total. The van der Waals surface area contributed by atoms with Crippen LogP contribution < -0.4 is 15.7 Å². The average molecular weight is 470 g/mol. The molecule has 2 atom stereocenters. The number of ether oxygens (including phenoxy) is 1. The predicted molar refractivity (Wildman–Crippen MR) is 120 cm³/mol. The minimum absolute atomic E-state index is 0.0932. The number of nitriles is 1. The number of methoxy groups -OCH3 is 1. The van der Waals surface area contributed by atoms with Crippen LogP contribution in [0.25, 0.3) is 11.3 Å². The summed E-state index contributed by atoms with van der Waals surface area (Å²) in [5.41, 5.74) is 3.77. The summed E-state index contributed by atoms with van der Waals surface area (Å²) in [5, 5.41) is 10.7. The van der Waals surface area contributed by atoms with E-state index in [0.717, 1.165) is 5.56 Å². The molecule has 0 bridgehead atoms. The minimum atomic E-state index is -0.778. The highest BCUT2D eigenvalue weighted by Gasteiger charge is 2.48. The Labute approximate surface area is 193 Å². The van der Waals surface area contributed by atoms with E-state index in [1.54, 1.807) is 55.6 Å². The van der Waals surface area contributed by atoms with E-state index < -0.39 is 17.0 Å². The van der Waals surface area contributed by atoms with Crippen LogP contribution in [0.2, 0.25) is 5.02 Å². The second-order valence-electron chi connectivity index (χ2n) is 7.08. The fraction of sp³-hybridized carbons (Fsp3) is 0.182. The van der Waals surface area contributed by atoms with Gasteiger partial charge in [0.2, 0.25) is 5.95 Å². The molecule has 2 unspecified atom stereocenters. The number of aromatic nitrogens is 2. The number of halogens is 2. The van der Waals surface area contributed by atoms with Gasteiger partial charge >= 0.3 is 0 Å². The highest BCUT2D eigenvalue weighted by atomic mass is 35.5. The van der Waals surface area contributed by atoms with E-state index >= 15 is 0 Å². The minimum Gasteiger partial charge on any atom is -0.497 e. The van der Waals surface area contributed by atoms with Crippen molar-refractivity contribution in [2.45, 2.75) is 11.4 Å². The monoisotopic (exact) mass is 469 g/mol. The highest BCUT2D eigenvalue weighted by Crippen LogP contribution is 2.38. The first kappa shape index (κ1) is 21.7. The van der Waals surface area contributed by atoms with Crippen LogP contribution in [-0.4, -0.2) is 33.0 Å². The van der Waals surface area contributed by atoms with Gasteiger partial charge in [-0.15, -0.1) is 11.6 Å². The third kappa shape index (κ3) is 3.66. The lowest BCUT2D eigenvalue weighted by molar-refractivity contribution is -0.143. The molecule has 1 amide bonds. The summed E-state index contributed by atoms with van der Waals surface area (Å²) >= 11 is 12.2. The molecule has 32 heavy (non-hydrogen) atoms. The van der Waals surface area contributed by atoms with Gasteiger partial charge in [0.25, 0.3) is 11.5 Å². The van der Waals surface area contributed by atoms with Crippen molar-refractivity contribution in [1.82, 2.24) is 14.6 Å². The van der Waals surface area contributed by atoms with E-state index in [-0.39, 0.29) is 23.1 Å². The number of rotatable bonds is 5. The zero-order valence-corrected chi connectivity index (χ0v) is 18.6. The van der Waals surface area contributed by atoms with Crippen molar-refractivity contribution in [3.8, 4) is 23.1 Å². The van der Waals surface area contributed by atoms with Crippen LogP contribution in [-0.2, 0) is 11.8 Å². The lowest BCUT2D eigenvalue weighted by atomic mass is 9.95. The molecule has 3 aromatic rings. The topological polar surface area (TPSA) is 100 Å². The van der Waals surface area contributed by atoms with Gasteiger partial charge in [-0.1, -0.05) is 23.7 Å². The lowest BCUT2D eigenvalue weighted by Crippen LogP contribution is -2.59. The van der Waals surface area contributed by atoms with Gasteiger partial charge < -0.3 is 4.74 Å². The number of anilines is 1. The van der Waals surface area contributed by atoms with Gasteiger partial charge in [0.1, 0.15) is 28.8 Å². The van der Waals surface area contributed by atoms with E-state index in [1.165, 1.54) is 16.6 Å². The molecule has 1 N–H and O–H groups in total. The third-order valence-corrected chi connectivity index (χ3v) is 5.90. The number of hydrazine groups is 1. The van der Waals surface area contributed by atoms with Crippen molar-refractivity contribution >= 4 is 35.1 Å². The molecule has 2 heterocycles. The van der Waals surface area contributed by atoms with E-state index in [0.29, 0.717) is 16.3 Å². The normalized spacial score (nSPS) is 17.5. The van der Waals surface area contributed by atoms with Crippen LogP contribution in [0.15, 0.2) is 53.3 Å². The summed E-state index contributed by atoms with van der Waals surface area (Å²) in [6, 6.07) is 15.2. The molecule has 4 rings (SSSR count). The Balaban J connectivity index is 1.74. The Morgan fingerprint density at radius 3 is 2.38 bits per heavy atom. The van der Waals surface area contributed by atoms with E-state index in [1.807, 2.05) is 6.07 Å². The molecule has 1 aliphatic heterocycles. The third-order valence-electron chi connectivity index (χ3n) is 5.23. The van der Waals surface area contributed by atoms with Crippen LogP contribution in [0.3, 0.4) is 0 Å². The summed E-state index contributed by atoms with van der Waals surface area (Å²) in [5.74, 6) is 0.353. The number of hydrogen-bond donors (Lipinski definition) is 1. The number of nitrogens with one attached hydrogen (secondary N) is 1. The largest absolute Gasteiger partial charge is 0.497 e. The molecule has 1 aliphatic rings. The van der Waals surface area contributed by atoms with Crippen molar-refractivity contribution in [2.24, 2.45) is 7.05 Å². The zero-order valence-electron chi connectivity index (χ0n) is 17.0. The van der Waals surface area contributed by atoms with Gasteiger partial charge in [0, 0.05) is 17.6 Å². The van der Waals surface area contributed by atoms with Gasteiger partial charge in [-0.25, -0.2) is 9.99 Å². The smallest absolute Gasteiger partial charge is 0.273 e. The van der Waals surface area contributed by atoms with Gasteiger partial charge in [0.05, 0.1) is 12.8 Å². The quantitative estimate of drug-likeness (QED) is 0.453. The summed E-state index contributed by atoms with van der Waals surface area (Å²) in [7, 11) is 3.01. The number of alkyl halides is 1. The zero-order chi connectivity index (χ0) is 23.0. The van der Waals surface area contributed by atoms with Gasteiger partial charge in [-0.3, -0.25) is 19.6 Å². The summed E-state index contributed by atoms with van der Waals surface area (Å²) in [4.78, 5) is 29.8. The van der Waals surface area contributed by atoms with Crippen LogP contribution in [0.4, 0.5) is 5.95 Å². The molecule has 10 heteroatoms. The molecule has 0 saturated carbocycles. The van der Waals surface area contributed by atoms with Crippen molar-refractivity contribution in [1.29, 1.82) is 5.26 Å². The summed E-state index contributed by atoms with van der Waals surface area (Å²) in [6.45, 7) is 0. The Morgan fingerprint density at radius 2 is 1.78 bits per heavy atom. The Hall–Kier alpha value is -3.54. The first-order valence-electron chi connectivity index (χ1n) is 9.50. The molecule has 2 aromatic carbocycles. The molecule has 1 fully saturated rings. The molecule has 0 spiro atoms. The maximum Gasteiger partial charge on any atom is 0.273 e. The second-order valence-corrected chi connectivity index (χ2v) is 7.99. The van der Waals surface area contributed by atoms with E-state index in [9.17, 15) is 14.9 Å². The number of carbonyl (C=O) groups excluding carboxylic acids is 1. The number of β-lactam (4-membered cyclic amide) rings is 1. The molecule has 162 valence electrons. The van der Waals surface area contributed by atoms with Crippen LogP contribution >= 0.6 is 23.2 Å². The Bertz CT molecular complexity index is 1280. The standard InChI is InChI=1S/C22H17Cl2N5O3/c1-28-20(30)16(11-25)18(12-5-9-15(32-2)10-6-12)26-22(28)27-29-19(17(24)21(29)31)13-3-7-14(23)8-4-13/h3-10,17,19H,1-2H3,(H,26,27). The molecule has 1 saturated heterocycles. The van der Waals surface area contributed by atoms with Crippen LogP contribution in [0.5, 0.6) is 5.75 Å². The van der Waals surface area contributed by atoms with Gasteiger partial charge in [0.15, 0.2) is 0 Å². The molecular weight excluding hydrogens is 453 g/mol. The average Bonchev–Trinajstić information content (AvgIpc) is 2.82. The fourth-order valence-electron chi connectivity index (χ4n) is 3.42. The molecule has 0 radical (unpaired) electrons. The molecular formula is C22H17Cl2N5O3. The molecule has 0 aliphatic carbocycles. The summed E-state index contributed by atoms with van der Waals surface area (Å²) < 4.78 is 6.34. The predicted octanol–water partition coefficient (Wildman–Crippen LogP) is 3.50. The SMILES string of the molecule is COc1ccc(-c2nc(NN3C(=O)C(Cl)C3c3ccc(Cl)cc3)n(C)c(=O)c2C#N)cc1. The second kappa shape index (κ2) is 8.54. The lowest BCUT2D eigenvalue weighted by Gasteiger charge is -2.44. The fourth-order valence-corrected chi connectivity index (χ4v) is 3.91. The number of benzene rings is 2. The van der Waals surface area contributed by atoms with Crippen molar-refractivity contribution < 1.29 is 9.53 Å². The first-order valence-corrected chi connectivity index (χ1v) is 10.3. The van der Waals surface area contributed by atoms with E-state index in [2.05, 4.69) is 10.4 Å². The number of carbonyl (C=O) groups is 1. The maximum atomic E-state index is 12.9. The van der Waals surface area contributed by atoms with Crippen LogP contribution in [0.1, 0.15) is 17.2 Å². The summed E-state index contributed by atoms with van der Waals surface area (Å²) in [6.07, 6.45) is 0. The van der Waals surface area contributed by atoms with Gasteiger partial charge in [-0.2, -0.15) is 5.26 Å². The highest BCUT2D eigenvalue weighted by molar-refractivity contribution is 6.33. The Morgan fingerprint density at radius 1 is 1.12 bits per heavy atom. The van der Waals surface area contributed by atoms with Crippen molar-refractivity contribution in [3.63, 3.8) is 0 Å². The Kier molecular flexibility index (Phi) is 5.78. The maximum absolute atomic E-state index is 12.9. The van der Waals surface area contributed by atoms with Gasteiger partial charge in [-0.05, 0) is 42.0 Å². The molecule has 1 aromatic heterocycles. The number of amides is 1. The van der Waals surface area contributed by atoms with E-state index in [4.69, 9.17) is 27.9 Å². The first-order chi connectivity index (χ1) is 15.3. The number of hydrogen-bond acceptors (Lipinski definition) is 6. The van der Waals surface area contributed by atoms with Crippen LogP contribution in [0, 0.1) is 11.3 Å². The number of nitrogens with zero attached hydrogens (tertiary/aromatic N) is 4.